The van der Waals surface area contributed by atoms with Crippen LogP contribution in [0.2, 0.25) is 0 Å². The third kappa shape index (κ3) is 5.81. The molecular formula is C19H26N4O2. The van der Waals surface area contributed by atoms with Crippen LogP contribution >= 0.6 is 0 Å². The van der Waals surface area contributed by atoms with Gasteiger partial charge >= 0.3 is 5.69 Å². The van der Waals surface area contributed by atoms with E-state index in [0.29, 0.717) is 18.3 Å². The molecule has 0 saturated heterocycles. The van der Waals surface area contributed by atoms with Crippen molar-refractivity contribution < 1.29 is 4.79 Å². The second kappa shape index (κ2) is 8.55. The average Bonchev–Trinajstić information content (AvgIpc) is 2.53. The number of hydrogen-bond donors (Lipinski definition) is 2. The molecule has 0 bridgehead atoms. The van der Waals surface area contributed by atoms with Gasteiger partial charge in [-0.3, -0.25) is 9.78 Å². The lowest BCUT2D eigenvalue weighted by atomic mass is 9.98. The normalized spacial score (nSPS) is 12.4. The lowest BCUT2D eigenvalue weighted by molar-refractivity contribution is 0.0926. The Morgan fingerprint density at radius 3 is 2.60 bits per heavy atom. The molecule has 1 atom stereocenters. The Bertz CT molecular complexity index is 754. The van der Waals surface area contributed by atoms with Gasteiger partial charge < -0.3 is 10.3 Å². The maximum atomic E-state index is 12.7. The molecule has 0 aromatic carbocycles. The Morgan fingerprint density at radius 2 is 2.00 bits per heavy atom. The van der Waals surface area contributed by atoms with Crippen LogP contribution in [-0.4, -0.2) is 20.9 Å². The van der Waals surface area contributed by atoms with Crippen LogP contribution in [0.15, 0.2) is 35.4 Å². The van der Waals surface area contributed by atoms with Gasteiger partial charge in [0.05, 0.1) is 6.04 Å². The van der Waals surface area contributed by atoms with E-state index in [9.17, 15) is 9.59 Å². The molecule has 2 N–H and O–H groups in total. The van der Waals surface area contributed by atoms with Crippen LogP contribution in [0.3, 0.4) is 0 Å². The molecule has 25 heavy (non-hydrogen) atoms. The third-order valence-electron chi connectivity index (χ3n) is 3.76. The summed E-state index contributed by atoms with van der Waals surface area (Å²) in [4.78, 5) is 35.1. The number of hydrogen-bond acceptors (Lipinski definition) is 4. The average molecular weight is 342 g/mol. The lowest BCUT2D eigenvalue weighted by Crippen LogP contribution is -2.32. The van der Waals surface area contributed by atoms with Gasteiger partial charge in [-0.15, -0.1) is 0 Å². The van der Waals surface area contributed by atoms with E-state index in [1.807, 2.05) is 12.1 Å². The molecule has 6 nitrogen and oxygen atoms in total. The highest BCUT2D eigenvalue weighted by molar-refractivity contribution is 5.92. The molecule has 2 rings (SSSR count). The van der Waals surface area contributed by atoms with Crippen molar-refractivity contribution in [1.29, 1.82) is 0 Å². The summed E-state index contributed by atoms with van der Waals surface area (Å²) in [5.74, 6) is 0.429. The molecule has 0 fully saturated rings. The Kier molecular flexibility index (Phi) is 6.44. The van der Waals surface area contributed by atoms with Crippen molar-refractivity contribution in [3.05, 3.63) is 58.0 Å². The number of aromatic nitrogens is 3. The standard InChI is InChI=1S/C19H26N4O2/c1-12(2)8-15-10-17(23-19(25)21-15)18(24)22-16(9-13(3)4)14-6-5-7-20-11-14/h5-7,10-13,16H,8-9H2,1-4H3,(H,22,24)(H,21,23,25)/t16-/m0/s1. The van der Waals surface area contributed by atoms with Crippen molar-refractivity contribution in [2.45, 2.75) is 46.6 Å². The topological polar surface area (TPSA) is 87.7 Å². The Balaban J connectivity index is 2.23. The zero-order valence-electron chi connectivity index (χ0n) is 15.2. The Labute approximate surface area is 148 Å². The molecule has 0 aliphatic carbocycles. The lowest BCUT2D eigenvalue weighted by Gasteiger charge is -2.20. The first-order chi connectivity index (χ1) is 11.8. The predicted octanol–water partition coefficient (Wildman–Crippen LogP) is 2.88. The van der Waals surface area contributed by atoms with E-state index in [1.165, 1.54) is 0 Å². The summed E-state index contributed by atoms with van der Waals surface area (Å²) in [5.41, 5.74) is 1.32. The van der Waals surface area contributed by atoms with E-state index in [1.54, 1.807) is 18.5 Å². The highest BCUT2D eigenvalue weighted by Crippen LogP contribution is 2.21. The minimum absolute atomic E-state index is 0.150. The second-order valence-corrected chi connectivity index (χ2v) is 7.14. The van der Waals surface area contributed by atoms with Crippen molar-refractivity contribution in [1.82, 2.24) is 20.3 Å². The van der Waals surface area contributed by atoms with Crippen molar-refractivity contribution in [2.75, 3.05) is 0 Å². The van der Waals surface area contributed by atoms with Crippen LogP contribution in [0.1, 0.15) is 61.9 Å². The van der Waals surface area contributed by atoms with Crippen LogP contribution in [0.4, 0.5) is 0 Å². The summed E-state index contributed by atoms with van der Waals surface area (Å²) in [5, 5.41) is 2.99. The van der Waals surface area contributed by atoms with E-state index in [0.717, 1.165) is 17.7 Å². The van der Waals surface area contributed by atoms with Gasteiger partial charge in [-0.05, 0) is 42.4 Å². The van der Waals surface area contributed by atoms with Gasteiger partial charge in [0.1, 0.15) is 5.69 Å². The fraction of sp³-hybridized carbons (Fsp3) is 0.474. The van der Waals surface area contributed by atoms with Crippen LogP contribution < -0.4 is 11.0 Å². The first-order valence-electron chi connectivity index (χ1n) is 8.66. The highest BCUT2D eigenvalue weighted by atomic mass is 16.2. The van der Waals surface area contributed by atoms with Crippen LogP contribution in [0.5, 0.6) is 0 Å². The van der Waals surface area contributed by atoms with Gasteiger partial charge in [0.15, 0.2) is 0 Å². The van der Waals surface area contributed by atoms with Gasteiger partial charge in [-0.2, -0.15) is 4.98 Å². The molecule has 2 aromatic heterocycles. The monoisotopic (exact) mass is 342 g/mol. The molecular weight excluding hydrogens is 316 g/mol. The number of carbonyl (C=O) groups is 1. The number of nitrogens with one attached hydrogen (secondary N) is 2. The number of carbonyl (C=O) groups excluding carboxylic acids is 1. The van der Waals surface area contributed by atoms with Crippen LogP contribution in [0.25, 0.3) is 0 Å². The Morgan fingerprint density at radius 1 is 1.24 bits per heavy atom. The molecule has 6 heteroatoms. The zero-order chi connectivity index (χ0) is 18.4. The smallest absolute Gasteiger partial charge is 0.344 e. The molecule has 0 saturated carbocycles. The van der Waals surface area contributed by atoms with Crippen LogP contribution in [-0.2, 0) is 6.42 Å². The number of pyridine rings is 1. The first kappa shape index (κ1) is 18.8. The minimum atomic E-state index is -0.495. The van der Waals surface area contributed by atoms with E-state index in [-0.39, 0.29) is 17.6 Å². The van der Waals surface area contributed by atoms with E-state index in [2.05, 4.69) is 48.0 Å². The fourth-order valence-corrected chi connectivity index (χ4v) is 2.74. The fourth-order valence-electron chi connectivity index (χ4n) is 2.74. The third-order valence-corrected chi connectivity index (χ3v) is 3.76. The van der Waals surface area contributed by atoms with E-state index >= 15 is 0 Å². The van der Waals surface area contributed by atoms with E-state index in [4.69, 9.17) is 0 Å². The van der Waals surface area contributed by atoms with Crippen molar-refractivity contribution in [3.8, 4) is 0 Å². The number of nitrogens with zero attached hydrogens (tertiary/aromatic N) is 2. The van der Waals surface area contributed by atoms with E-state index < -0.39 is 5.69 Å². The van der Waals surface area contributed by atoms with Gasteiger partial charge in [-0.1, -0.05) is 33.8 Å². The Hall–Kier alpha value is -2.50. The maximum absolute atomic E-state index is 12.7. The maximum Gasteiger partial charge on any atom is 0.345 e. The van der Waals surface area contributed by atoms with Gasteiger partial charge in [-0.25, -0.2) is 4.79 Å². The number of aromatic amines is 1. The summed E-state index contributed by atoms with van der Waals surface area (Å²) in [7, 11) is 0. The molecule has 0 radical (unpaired) electrons. The SMILES string of the molecule is CC(C)Cc1cc(C(=O)N[C@@H](CC(C)C)c2cccnc2)nc(=O)[nH]1. The summed E-state index contributed by atoms with van der Waals surface area (Å²) >= 11 is 0. The number of amides is 1. The molecule has 0 aliphatic heterocycles. The molecule has 1 amide bonds. The first-order valence-corrected chi connectivity index (χ1v) is 8.66. The van der Waals surface area contributed by atoms with Crippen molar-refractivity contribution in [2.24, 2.45) is 11.8 Å². The summed E-state index contributed by atoms with van der Waals surface area (Å²) in [6.07, 6.45) is 4.92. The zero-order valence-corrected chi connectivity index (χ0v) is 15.2. The molecule has 0 aliphatic rings. The largest absolute Gasteiger partial charge is 0.345 e. The molecule has 134 valence electrons. The number of H-pyrrole nitrogens is 1. The molecule has 2 heterocycles. The van der Waals surface area contributed by atoms with Crippen molar-refractivity contribution in [3.63, 3.8) is 0 Å². The quantitative estimate of drug-likeness (QED) is 0.810. The van der Waals surface area contributed by atoms with Gasteiger partial charge in [0.25, 0.3) is 5.91 Å². The second-order valence-electron chi connectivity index (χ2n) is 7.14. The minimum Gasteiger partial charge on any atom is -0.344 e. The van der Waals surface area contributed by atoms with Gasteiger partial charge in [0, 0.05) is 18.1 Å². The van der Waals surface area contributed by atoms with Crippen molar-refractivity contribution >= 4 is 5.91 Å². The molecule has 0 spiro atoms. The summed E-state index contributed by atoms with van der Waals surface area (Å²) < 4.78 is 0. The van der Waals surface area contributed by atoms with Crippen LogP contribution in [0, 0.1) is 11.8 Å². The molecule has 0 unspecified atom stereocenters. The van der Waals surface area contributed by atoms with Gasteiger partial charge in [0.2, 0.25) is 0 Å². The summed E-state index contributed by atoms with van der Waals surface area (Å²) in [6, 6.07) is 5.28. The highest BCUT2D eigenvalue weighted by Gasteiger charge is 2.19. The summed E-state index contributed by atoms with van der Waals surface area (Å²) in [6.45, 7) is 8.31. The number of rotatable bonds is 7. The molecule has 2 aromatic rings. The predicted molar refractivity (Wildman–Crippen MR) is 97.3 cm³/mol.